The first-order chi connectivity index (χ1) is 9.08. The third kappa shape index (κ3) is 5.19. The van der Waals surface area contributed by atoms with Crippen LogP contribution in [0.3, 0.4) is 0 Å². The van der Waals surface area contributed by atoms with Crippen molar-refractivity contribution in [2.75, 3.05) is 20.6 Å². The van der Waals surface area contributed by atoms with Gasteiger partial charge in [-0.05, 0) is 19.3 Å². The van der Waals surface area contributed by atoms with Crippen LogP contribution in [-0.4, -0.2) is 49.6 Å². The molecule has 110 valence electrons. The Morgan fingerprint density at radius 3 is 2.53 bits per heavy atom. The summed E-state index contributed by atoms with van der Waals surface area (Å²) < 4.78 is 5.88. The molecule has 1 atom stereocenters. The van der Waals surface area contributed by atoms with E-state index in [0.29, 0.717) is 19.4 Å². The zero-order chi connectivity index (χ0) is 14.3. The lowest BCUT2D eigenvalue weighted by molar-refractivity contribution is -0.146. The minimum absolute atomic E-state index is 0.0155. The Kier molecular flexibility index (Phi) is 6.84. The third-order valence-electron chi connectivity index (χ3n) is 3.63. The minimum atomic E-state index is -0.363. The predicted molar refractivity (Wildman–Crippen MR) is 73.7 cm³/mol. The Balaban J connectivity index is 2.40. The molecule has 0 aromatic rings. The summed E-state index contributed by atoms with van der Waals surface area (Å²) in [4.78, 5) is 25.0. The summed E-state index contributed by atoms with van der Waals surface area (Å²) in [6, 6.07) is 0. The first-order valence-electron chi connectivity index (χ1n) is 7.19. The molecule has 0 unspecified atom stereocenters. The highest BCUT2D eigenvalue weighted by Gasteiger charge is 2.26. The molecule has 1 saturated carbocycles. The molecule has 1 aliphatic carbocycles. The number of amides is 2. The number of ether oxygens (including phenoxy) is 1. The number of nitrogens with zero attached hydrogens (tertiary/aromatic N) is 1. The summed E-state index contributed by atoms with van der Waals surface area (Å²) in [6.07, 6.45) is 5.40. The van der Waals surface area contributed by atoms with Crippen molar-refractivity contribution >= 4 is 11.8 Å². The molecule has 1 fully saturated rings. The lowest BCUT2D eigenvalue weighted by Gasteiger charge is -2.25. The second-order valence-corrected chi connectivity index (χ2v) is 5.12. The maximum absolute atomic E-state index is 12.2. The smallest absolute Gasteiger partial charge is 0.251 e. The van der Waals surface area contributed by atoms with Crippen LogP contribution in [-0.2, 0) is 14.3 Å². The van der Waals surface area contributed by atoms with Crippen molar-refractivity contribution in [3.63, 3.8) is 0 Å². The van der Waals surface area contributed by atoms with Gasteiger partial charge in [-0.2, -0.15) is 0 Å². The second kappa shape index (κ2) is 8.15. The summed E-state index contributed by atoms with van der Waals surface area (Å²) in [5, 5.41) is 2.55. The molecule has 1 aliphatic rings. The number of carbonyl (C=O) groups excluding carboxylic acids is 2. The van der Waals surface area contributed by atoms with Crippen LogP contribution in [0.1, 0.15) is 45.4 Å². The van der Waals surface area contributed by atoms with Gasteiger partial charge in [-0.1, -0.05) is 19.8 Å². The van der Waals surface area contributed by atoms with Crippen molar-refractivity contribution < 1.29 is 14.3 Å². The molecule has 0 aliphatic heterocycles. The van der Waals surface area contributed by atoms with E-state index >= 15 is 0 Å². The summed E-state index contributed by atoms with van der Waals surface area (Å²) in [7, 11) is 3.33. The van der Waals surface area contributed by atoms with E-state index in [1.54, 1.807) is 19.0 Å². The maximum atomic E-state index is 12.2. The highest BCUT2D eigenvalue weighted by atomic mass is 16.5. The molecule has 2 amide bonds. The fraction of sp³-hybridized carbons (Fsp3) is 0.857. The predicted octanol–water partition coefficient (Wildman–Crippen LogP) is 1.32. The van der Waals surface area contributed by atoms with Gasteiger partial charge in [0.15, 0.2) is 0 Å². The molecule has 1 N–H and O–H groups in total. The fourth-order valence-corrected chi connectivity index (χ4v) is 2.34. The van der Waals surface area contributed by atoms with Crippen LogP contribution in [0.5, 0.6) is 0 Å². The SMILES string of the molecule is CC[C@@H](OC1CCCC1)C(=O)N(C)CCC(=O)NC. The van der Waals surface area contributed by atoms with Crippen molar-refractivity contribution in [1.82, 2.24) is 10.2 Å². The van der Waals surface area contributed by atoms with Crippen LogP contribution in [0.4, 0.5) is 0 Å². The van der Waals surface area contributed by atoms with Gasteiger partial charge in [0.1, 0.15) is 6.10 Å². The molecule has 0 aromatic heterocycles. The first kappa shape index (κ1) is 16.0. The van der Waals surface area contributed by atoms with E-state index in [0.717, 1.165) is 12.8 Å². The largest absolute Gasteiger partial charge is 0.365 e. The summed E-state index contributed by atoms with van der Waals surface area (Å²) in [5.41, 5.74) is 0. The van der Waals surface area contributed by atoms with Gasteiger partial charge in [0, 0.05) is 27.1 Å². The number of hydrogen-bond acceptors (Lipinski definition) is 3. The van der Waals surface area contributed by atoms with Gasteiger partial charge < -0.3 is 15.0 Å². The zero-order valence-corrected chi connectivity index (χ0v) is 12.3. The molecule has 0 spiro atoms. The monoisotopic (exact) mass is 270 g/mol. The van der Waals surface area contributed by atoms with Crippen LogP contribution in [0.25, 0.3) is 0 Å². The zero-order valence-electron chi connectivity index (χ0n) is 12.3. The number of rotatable bonds is 7. The summed E-state index contributed by atoms with van der Waals surface area (Å²) in [6.45, 7) is 2.40. The second-order valence-electron chi connectivity index (χ2n) is 5.12. The van der Waals surface area contributed by atoms with Crippen molar-refractivity contribution in [2.24, 2.45) is 0 Å². The molecule has 1 rings (SSSR count). The summed E-state index contributed by atoms with van der Waals surface area (Å²) in [5.74, 6) is -0.0669. The highest BCUT2D eigenvalue weighted by Crippen LogP contribution is 2.23. The fourth-order valence-electron chi connectivity index (χ4n) is 2.34. The Morgan fingerprint density at radius 2 is 2.00 bits per heavy atom. The quantitative estimate of drug-likeness (QED) is 0.759. The van der Waals surface area contributed by atoms with Crippen molar-refractivity contribution in [1.29, 1.82) is 0 Å². The molecule has 0 bridgehead atoms. The molecule has 5 nitrogen and oxygen atoms in total. The lowest BCUT2D eigenvalue weighted by Crippen LogP contribution is -2.40. The van der Waals surface area contributed by atoms with Crippen molar-refractivity contribution in [3.8, 4) is 0 Å². The van der Waals surface area contributed by atoms with Crippen LogP contribution < -0.4 is 5.32 Å². The van der Waals surface area contributed by atoms with Crippen molar-refractivity contribution in [2.45, 2.75) is 57.7 Å². The standard InChI is InChI=1S/C14H26N2O3/c1-4-12(19-11-7-5-6-8-11)14(18)16(3)10-9-13(17)15-2/h11-12H,4-10H2,1-3H3,(H,15,17)/t12-/m1/s1. The third-order valence-corrected chi connectivity index (χ3v) is 3.63. The molecule has 0 heterocycles. The molecule has 0 aromatic carbocycles. The molecule has 0 radical (unpaired) electrons. The van der Waals surface area contributed by atoms with Gasteiger partial charge in [-0.3, -0.25) is 9.59 Å². The lowest BCUT2D eigenvalue weighted by atomic mass is 10.2. The number of hydrogen-bond donors (Lipinski definition) is 1. The van der Waals surface area contributed by atoms with E-state index in [9.17, 15) is 9.59 Å². The number of carbonyl (C=O) groups is 2. The molecule has 5 heteroatoms. The van der Waals surface area contributed by atoms with E-state index in [1.165, 1.54) is 12.8 Å². The molecule has 0 saturated heterocycles. The van der Waals surface area contributed by atoms with E-state index in [1.807, 2.05) is 6.92 Å². The van der Waals surface area contributed by atoms with Gasteiger partial charge in [-0.15, -0.1) is 0 Å². The Morgan fingerprint density at radius 1 is 1.37 bits per heavy atom. The molecule has 19 heavy (non-hydrogen) atoms. The average Bonchev–Trinajstić information content (AvgIpc) is 2.93. The Hall–Kier alpha value is -1.10. The normalized spacial score (nSPS) is 17.2. The minimum Gasteiger partial charge on any atom is -0.365 e. The van der Waals surface area contributed by atoms with Gasteiger partial charge in [0.05, 0.1) is 6.10 Å². The Labute approximate surface area is 115 Å². The molecular formula is C14H26N2O3. The number of nitrogens with one attached hydrogen (secondary N) is 1. The van der Waals surface area contributed by atoms with Gasteiger partial charge in [0.2, 0.25) is 5.91 Å². The van der Waals surface area contributed by atoms with Gasteiger partial charge in [-0.25, -0.2) is 0 Å². The highest BCUT2D eigenvalue weighted by molar-refractivity contribution is 5.81. The van der Waals surface area contributed by atoms with E-state index < -0.39 is 0 Å². The maximum Gasteiger partial charge on any atom is 0.251 e. The van der Waals surface area contributed by atoms with Crippen LogP contribution in [0.15, 0.2) is 0 Å². The average molecular weight is 270 g/mol. The van der Waals surface area contributed by atoms with E-state index in [4.69, 9.17) is 4.74 Å². The van der Waals surface area contributed by atoms with E-state index in [2.05, 4.69) is 5.32 Å². The van der Waals surface area contributed by atoms with Gasteiger partial charge in [0.25, 0.3) is 5.91 Å². The molecular weight excluding hydrogens is 244 g/mol. The van der Waals surface area contributed by atoms with Crippen LogP contribution >= 0.6 is 0 Å². The Bertz CT molecular complexity index is 301. The van der Waals surface area contributed by atoms with Crippen LogP contribution in [0.2, 0.25) is 0 Å². The van der Waals surface area contributed by atoms with Crippen LogP contribution in [0, 0.1) is 0 Å². The van der Waals surface area contributed by atoms with Crippen molar-refractivity contribution in [3.05, 3.63) is 0 Å². The number of likely N-dealkylation sites (N-methyl/N-ethyl adjacent to an activating group) is 1. The summed E-state index contributed by atoms with van der Waals surface area (Å²) >= 11 is 0. The van der Waals surface area contributed by atoms with E-state index in [-0.39, 0.29) is 24.0 Å². The van der Waals surface area contributed by atoms with Gasteiger partial charge >= 0.3 is 0 Å². The topological polar surface area (TPSA) is 58.6 Å². The first-order valence-corrected chi connectivity index (χ1v) is 7.19.